The van der Waals surface area contributed by atoms with Crippen LogP contribution in [0.1, 0.15) is 58.5 Å². The number of benzene rings is 2. The van der Waals surface area contributed by atoms with E-state index >= 15 is 0 Å². The number of nitrogens with one attached hydrogen (secondary N) is 1. The van der Waals surface area contributed by atoms with E-state index in [9.17, 15) is 9.59 Å². The highest BCUT2D eigenvalue weighted by Crippen LogP contribution is 2.32. The fourth-order valence-electron chi connectivity index (χ4n) is 5.95. The van der Waals surface area contributed by atoms with Crippen LogP contribution in [0.5, 0.6) is 5.75 Å². The average Bonchev–Trinajstić information content (AvgIpc) is 3.15. The third kappa shape index (κ3) is 4.87. The lowest BCUT2D eigenvalue weighted by molar-refractivity contribution is -0.00717. The minimum Gasteiger partial charge on any atom is -0.493 e. The predicted octanol–water partition coefficient (Wildman–Crippen LogP) is 3.51. The van der Waals surface area contributed by atoms with Crippen LogP contribution in [0.4, 0.5) is 0 Å². The molecule has 3 aliphatic heterocycles. The largest absolute Gasteiger partial charge is 0.493 e. The SMILES string of the molecule is CCOc1cc(C(=O)N2C3CCC2COC3)ccc1C(=O)N(C)CC(C)[C@@H]1Cc2ccccc2CN1. The highest BCUT2D eigenvalue weighted by Gasteiger charge is 2.40. The van der Waals surface area contributed by atoms with Crippen molar-refractivity contribution in [1.29, 1.82) is 0 Å². The number of rotatable bonds is 7. The summed E-state index contributed by atoms with van der Waals surface area (Å²) in [7, 11) is 1.84. The Balaban J connectivity index is 1.28. The molecule has 3 unspecified atom stereocenters. The van der Waals surface area contributed by atoms with Gasteiger partial charge in [0.1, 0.15) is 5.75 Å². The Labute approximate surface area is 213 Å². The van der Waals surface area contributed by atoms with E-state index in [0.717, 1.165) is 25.8 Å². The summed E-state index contributed by atoms with van der Waals surface area (Å²) in [5.74, 6) is 0.655. The molecule has 1 N–H and O–H groups in total. The second-order valence-corrected chi connectivity index (χ2v) is 10.4. The third-order valence-electron chi connectivity index (χ3n) is 7.94. The summed E-state index contributed by atoms with van der Waals surface area (Å²) in [6.07, 6.45) is 2.93. The van der Waals surface area contributed by atoms with Gasteiger partial charge in [-0.1, -0.05) is 31.2 Å². The van der Waals surface area contributed by atoms with Crippen molar-refractivity contribution < 1.29 is 19.1 Å². The van der Waals surface area contributed by atoms with Gasteiger partial charge >= 0.3 is 0 Å². The molecule has 2 aromatic rings. The van der Waals surface area contributed by atoms with Gasteiger partial charge in [-0.3, -0.25) is 9.59 Å². The van der Waals surface area contributed by atoms with Crippen LogP contribution in [-0.4, -0.2) is 73.2 Å². The number of hydrogen-bond acceptors (Lipinski definition) is 5. The average molecular weight is 492 g/mol. The molecule has 2 saturated heterocycles. The smallest absolute Gasteiger partial charge is 0.257 e. The van der Waals surface area contributed by atoms with Gasteiger partial charge in [0.05, 0.1) is 37.5 Å². The van der Waals surface area contributed by atoms with E-state index in [-0.39, 0.29) is 29.8 Å². The molecule has 36 heavy (non-hydrogen) atoms. The van der Waals surface area contributed by atoms with Crippen LogP contribution in [0.15, 0.2) is 42.5 Å². The summed E-state index contributed by atoms with van der Waals surface area (Å²) in [5.41, 5.74) is 3.80. The molecule has 0 aliphatic carbocycles. The highest BCUT2D eigenvalue weighted by molar-refractivity contribution is 6.00. The van der Waals surface area contributed by atoms with Crippen molar-refractivity contribution in [3.05, 3.63) is 64.7 Å². The normalized spacial score (nSPS) is 23.6. The molecule has 3 heterocycles. The van der Waals surface area contributed by atoms with Crippen molar-refractivity contribution in [2.45, 2.75) is 57.8 Å². The fourth-order valence-corrected chi connectivity index (χ4v) is 5.95. The number of nitrogens with zero attached hydrogens (tertiary/aromatic N) is 2. The van der Waals surface area contributed by atoms with Crippen LogP contribution in [0.3, 0.4) is 0 Å². The van der Waals surface area contributed by atoms with E-state index in [1.165, 1.54) is 11.1 Å². The van der Waals surface area contributed by atoms with Gasteiger partial charge in [-0.2, -0.15) is 0 Å². The topological polar surface area (TPSA) is 71.1 Å². The van der Waals surface area contributed by atoms with Crippen molar-refractivity contribution in [3.8, 4) is 5.75 Å². The molecule has 5 rings (SSSR count). The Hall–Kier alpha value is -2.90. The zero-order valence-electron chi connectivity index (χ0n) is 21.5. The summed E-state index contributed by atoms with van der Waals surface area (Å²) in [6, 6.07) is 14.4. The lowest BCUT2D eigenvalue weighted by Gasteiger charge is -2.35. The van der Waals surface area contributed by atoms with Crippen LogP contribution < -0.4 is 10.1 Å². The van der Waals surface area contributed by atoms with E-state index in [2.05, 4.69) is 36.5 Å². The maximum atomic E-state index is 13.5. The second kappa shape index (κ2) is 10.6. The predicted molar refractivity (Wildman–Crippen MR) is 138 cm³/mol. The van der Waals surface area contributed by atoms with E-state index in [1.54, 1.807) is 23.1 Å². The first-order valence-electron chi connectivity index (χ1n) is 13.2. The van der Waals surface area contributed by atoms with Crippen LogP contribution >= 0.6 is 0 Å². The Morgan fingerprint density at radius 1 is 1.14 bits per heavy atom. The van der Waals surface area contributed by atoms with E-state index in [1.807, 2.05) is 18.9 Å². The number of ether oxygens (including phenoxy) is 2. The maximum Gasteiger partial charge on any atom is 0.257 e. The van der Waals surface area contributed by atoms with Crippen molar-refractivity contribution in [2.24, 2.45) is 5.92 Å². The quantitative estimate of drug-likeness (QED) is 0.642. The lowest BCUT2D eigenvalue weighted by Crippen LogP contribution is -2.49. The Kier molecular flexibility index (Phi) is 7.30. The summed E-state index contributed by atoms with van der Waals surface area (Å²) in [6.45, 7) is 7.19. The van der Waals surface area contributed by atoms with E-state index < -0.39 is 0 Å². The number of hydrogen-bond donors (Lipinski definition) is 1. The fraction of sp³-hybridized carbons (Fsp3) is 0.517. The molecule has 0 saturated carbocycles. The molecule has 3 aliphatic rings. The van der Waals surface area contributed by atoms with Crippen molar-refractivity contribution in [2.75, 3.05) is 33.4 Å². The van der Waals surface area contributed by atoms with Crippen molar-refractivity contribution in [3.63, 3.8) is 0 Å². The molecular weight excluding hydrogens is 454 g/mol. The van der Waals surface area contributed by atoms with Gasteiger partial charge in [-0.05, 0) is 61.4 Å². The third-order valence-corrected chi connectivity index (χ3v) is 7.94. The Bertz CT molecular complexity index is 1100. The minimum absolute atomic E-state index is 0.00335. The zero-order chi connectivity index (χ0) is 25.2. The van der Waals surface area contributed by atoms with Crippen LogP contribution in [-0.2, 0) is 17.7 Å². The molecule has 2 bridgehead atoms. The second-order valence-electron chi connectivity index (χ2n) is 10.4. The first kappa shape index (κ1) is 24.8. The van der Waals surface area contributed by atoms with Crippen molar-refractivity contribution >= 4 is 11.8 Å². The lowest BCUT2D eigenvalue weighted by atomic mass is 9.88. The summed E-state index contributed by atoms with van der Waals surface area (Å²) in [5, 5.41) is 3.64. The summed E-state index contributed by atoms with van der Waals surface area (Å²) >= 11 is 0. The molecular formula is C29H37N3O4. The van der Waals surface area contributed by atoms with Crippen LogP contribution in [0.25, 0.3) is 0 Å². The van der Waals surface area contributed by atoms with Gasteiger partial charge in [-0.15, -0.1) is 0 Å². The number of morpholine rings is 1. The van der Waals surface area contributed by atoms with E-state index in [0.29, 0.717) is 49.3 Å². The molecule has 2 fully saturated rings. The molecule has 192 valence electrons. The molecule has 0 spiro atoms. The number of amides is 2. The van der Waals surface area contributed by atoms with Gasteiger partial charge in [0.25, 0.3) is 11.8 Å². The maximum absolute atomic E-state index is 13.5. The van der Waals surface area contributed by atoms with Crippen molar-refractivity contribution in [1.82, 2.24) is 15.1 Å². The number of carbonyl (C=O) groups is 2. The van der Waals surface area contributed by atoms with Gasteiger partial charge in [0, 0.05) is 31.7 Å². The zero-order valence-corrected chi connectivity index (χ0v) is 21.5. The van der Waals surface area contributed by atoms with Crippen LogP contribution in [0.2, 0.25) is 0 Å². The Morgan fingerprint density at radius 3 is 2.58 bits per heavy atom. The number of fused-ring (bicyclic) bond motifs is 3. The van der Waals surface area contributed by atoms with Gasteiger partial charge in [-0.25, -0.2) is 0 Å². The Morgan fingerprint density at radius 2 is 1.86 bits per heavy atom. The molecule has 2 aromatic carbocycles. The summed E-state index contributed by atoms with van der Waals surface area (Å²) in [4.78, 5) is 30.6. The first-order chi connectivity index (χ1) is 17.5. The standard InChI is InChI=1S/C29H37N3O4/c1-4-36-27-14-21(28(33)32-23-10-11-24(32)18-35-17-23)9-12-25(27)29(34)31(3)16-19(2)26-13-20-7-5-6-8-22(20)15-30-26/h5-9,12,14,19,23-24,26,30H,4,10-11,13,15-18H2,1-3H3/t19?,23?,24?,26-/m0/s1. The molecule has 7 heteroatoms. The van der Waals surface area contributed by atoms with Gasteiger partial charge in [0.2, 0.25) is 0 Å². The van der Waals surface area contributed by atoms with Gasteiger partial charge < -0.3 is 24.6 Å². The molecule has 7 nitrogen and oxygen atoms in total. The highest BCUT2D eigenvalue weighted by atomic mass is 16.5. The molecule has 0 radical (unpaired) electrons. The molecule has 0 aromatic heterocycles. The van der Waals surface area contributed by atoms with Crippen LogP contribution in [0, 0.1) is 5.92 Å². The summed E-state index contributed by atoms with van der Waals surface area (Å²) < 4.78 is 11.5. The molecule has 4 atom stereocenters. The van der Waals surface area contributed by atoms with Gasteiger partial charge in [0.15, 0.2) is 0 Å². The monoisotopic (exact) mass is 491 g/mol. The minimum atomic E-state index is -0.0908. The van der Waals surface area contributed by atoms with E-state index in [4.69, 9.17) is 9.47 Å². The number of carbonyl (C=O) groups excluding carboxylic acids is 2. The molecule has 2 amide bonds. The first-order valence-corrected chi connectivity index (χ1v) is 13.2.